The molecule has 2 amide bonds. The van der Waals surface area contributed by atoms with Gasteiger partial charge in [-0.2, -0.15) is 0 Å². The SMILES string of the molecule is CC(C(=O)O)C1CN(C(=O)N(C)Cc2cc(Br)cs2)C1. The first kappa shape index (κ1) is 15.3. The minimum absolute atomic E-state index is 0.0386. The lowest BCUT2D eigenvalue weighted by Gasteiger charge is -2.42. The number of amides is 2. The van der Waals surface area contributed by atoms with Gasteiger partial charge in [-0.25, -0.2) is 4.79 Å². The summed E-state index contributed by atoms with van der Waals surface area (Å²) in [5, 5.41) is 10.9. The Labute approximate surface area is 130 Å². The lowest BCUT2D eigenvalue weighted by Crippen LogP contribution is -2.56. The number of aliphatic carboxylic acids is 1. The van der Waals surface area contributed by atoms with Gasteiger partial charge in [0.15, 0.2) is 0 Å². The molecule has 0 aromatic carbocycles. The van der Waals surface area contributed by atoms with E-state index in [0.29, 0.717) is 19.6 Å². The highest BCUT2D eigenvalue weighted by Gasteiger charge is 2.38. The minimum atomic E-state index is -0.793. The molecule has 1 N–H and O–H groups in total. The number of halogens is 1. The predicted octanol–water partition coefficient (Wildman–Crippen LogP) is 2.71. The number of hydrogen-bond donors (Lipinski definition) is 1. The molecule has 1 unspecified atom stereocenters. The zero-order chi connectivity index (χ0) is 14.9. The smallest absolute Gasteiger partial charge is 0.320 e. The van der Waals surface area contributed by atoms with Gasteiger partial charge >= 0.3 is 12.0 Å². The average molecular weight is 361 g/mol. The standard InChI is InChI=1S/C13H17BrN2O3S/c1-8(12(17)18)9-4-16(5-9)13(19)15(2)6-11-3-10(14)7-20-11/h3,7-9H,4-6H2,1-2H3,(H,17,18). The third-order valence-electron chi connectivity index (χ3n) is 3.62. The van der Waals surface area contributed by atoms with Gasteiger partial charge in [-0.1, -0.05) is 6.92 Å². The van der Waals surface area contributed by atoms with Crippen molar-refractivity contribution >= 4 is 39.3 Å². The quantitative estimate of drug-likeness (QED) is 0.897. The Balaban J connectivity index is 1.82. The van der Waals surface area contributed by atoms with Crippen LogP contribution in [0, 0.1) is 11.8 Å². The van der Waals surface area contributed by atoms with E-state index >= 15 is 0 Å². The topological polar surface area (TPSA) is 60.9 Å². The molecule has 0 bridgehead atoms. The summed E-state index contributed by atoms with van der Waals surface area (Å²) in [6.07, 6.45) is 0. The summed E-state index contributed by atoms with van der Waals surface area (Å²) in [4.78, 5) is 27.5. The first-order chi connectivity index (χ1) is 9.38. The Kier molecular flexibility index (Phi) is 4.70. The normalized spacial score (nSPS) is 16.6. The molecule has 1 aliphatic heterocycles. The van der Waals surface area contributed by atoms with Crippen LogP contribution in [-0.4, -0.2) is 47.0 Å². The van der Waals surface area contributed by atoms with E-state index in [1.54, 1.807) is 35.1 Å². The minimum Gasteiger partial charge on any atom is -0.481 e. The van der Waals surface area contributed by atoms with E-state index in [2.05, 4.69) is 15.9 Å². The van der Waals surface area contributed by atoms with Crippen LogP contribution in [0.3, 0.4) is 0 Å². The fourth-order valence-electron chi connectivity index (χ4n) is 2.17. The van der Waals surface area contributed by atoms with Gasteiger partial charge in [-0.3, -0.25) is 4.79 Å². The van der Waals surface area contributed by atoms with Crippen molar-refractivity contribution in [2.75, 3.05) is 20.1 Å². The molecule has 2 heterocycles. The molecule has 7 heteroatoms. The molecule has 110 valence electrons. The molecule has 1 aliphatic rings. The van der Waals surface area contributed by atoms with Gasteiger partial charge in [0.05, 0.1) is 12.5 Å². The average Bonchev–Trinajstić information content (AvgIpc) is 2.72. The zero-order valence-corrected chi connectivity index (χ0v) is 13.8. The van der Waals surface area contributed by atoms with Crippen molar-refractivity contribution in [3.63, 3.8) is 0 Å². The van der Waals surface area contributed by atoms with Crippen molar-refractivity contribution < 1.29 is 14.7 Å². The second-order valence-electron chi connectivity index (χ2n) is 5.16. The van der Waals surface area contributed by atoms with Crippen LogP contribution in [0.4, 0.5) is 4.79 Å². The third-order valence-corrected chi connectivity index (χ3v) is 5.30. The molecular formula is C13H17BrN2O3S. The van der Waals surface area contributed by atoms with Crippen LogP contribution in [0.2, 0.25) is 0 Å². The van der Waals surface area contributed by atoms with E-state index in [1.807, 2.05) is 11.4 Å². The molecule has 0 spiro atoms. The molecular weight excluding hydrogens is 344 g/mol. The second-order valence-corrected chi connectivity index (χ2v) is 7.07. The molecule has 20 heavy (non-hydrogen) atoms. The lowest BCUT2D eigenvalue weighted by molar-refractivity contribution is -0.144. The summed E-state index contributed by atoms with van der Waals surface area (Å²) in [5.41, 5.74) is 0. The van der Waals surface area contributed by atoms with E-state index in [9.17, 15) is 9.59 Å². The highest BCUT2D eigenvalue weighted by molar-refractivity contribution is 9.10. The number of carboxylic acids is 1. The van der Waals surface area contributed by atoms with Crippen LogP contribution in [0.25, 0.3) is 0 Å². The van der Waals surface area contributed by atoms with Gasteiger partial charge in [0.1, 0.15) is 0 Å². The van der Waals surface area contributed by atoms with Crippen molar-refractivity contribution in [2.24, 2.45) is 11.8 Å². The van der Waals surface area contributed by atoms with Crippen LogP contribution in [0.1, 0.15) is 11.8 Å². The van der Waals surface area contributed by atoms with E-state index in [1.165, 1.54) is 0 Å². The monoisotopic (exact) mass is 360 g/mol. The summed E-state index contributed by atoms with van der Waals surface area (Å²) >= 11 is 5.00. The summed E-state index contributed by atoms with van der Waals surface area (Å²) < 4.78 is 1.03. The number of nitrogens with zero attached hydrogens (tertiary/aromatic N) is 2. The number of thiophene rings is 1. The maximum Gasteiger partial charge on any atom is 0.320 e. The van der Waals surface area contributed by atoms with Gasteiger partial charge in [0.2, 0.25) is 0 Å². The zero-order valence-electron chi connectivity index (χ0n) is 11.4. The van der Waals surface area contributed by atoms with Crippen LogP contribution < -0.4 is 0 Å². The van der Waals surface area contributed by atoms with Crippen LogP contribution in [0.5, 0.6) is 0 Å². The number of carbonyl (C=O) groups excluding carboxylic acids is 1. The van der Waals surface area contributed by atoms with Crippen LogP contribution >= 0.6 is 27.3 Å². The van der Waals surface area contributed by atoms with E-state index in [-0.39, 0.29) is 11.9 Å². The number of carbonyl (C=O) groups is 2. The molecule has 1 saturated heterocycles. The van der Waals surface area contributed by atoms with Gasteiger partial charge in [0, 0.05) is 40.8 Å². The first-order valence-electron chi connectivity index (χ1n) is 6.34. The molecule has 1 fully saturated rings. The van der Waals surface area contributed by atoms with Gasteiger partial charge in [-0.15, -0.1) is 11.3 Å². The van der Waals surface area contributed by atoms with Crippen LogP contribution in [0.15, 0.2) is 15.9 Å². The molecule has 1 aromatic heterocycles. The van der Waals surface area contributed by atoms with E-state index < -0.39 is 11.9 Å². The van der Waals surface area contributed by atoms with Crippen LogP contribution in [-0.2, 0) is 11.3 Å². The Morgan fingerprint density at radius 2 is 2.25 bits per heavy atom. The first-order valence-corrected chi connectivity index (χ1v) is 8.01. The fourth-order valence-corrected chi connectivity index (χ4v) is 3.67. The maximum absolute atomic E-state index is 12.2. The Bertz CT molecular complexity index is 513. The van der Waals surface area contributed by atoms with Crippen molar-refractivity contribution in [1.82, 2.24) is 9.80 Å². The summed E-state index contributed by atoms with van der Waals surface area (Å²) in [7, 11) is 1.77. The Morgan fingerprint density at radius 3 is 2.75 bits per heavy atom. The molecule has 2 rings (SSSR count). The van der Waals surface area contributed by atoms with Crippen molar-refractivity contribution in [1.29, 1.82) is 0 Å². The largest absolute Gasteiger partial charge is 0.481 e. The highest BCUT2D eigenvalue weighted by atomic mass is 79.9. The number of hydrogen-bond acceptors (Lipinski definition) is 3. The molecule has 0 aliphatic carbocycles. The number of urea groups is 1. The second kappa shape index (κ2) is 6.13. The Hall–Kier alpha value is -1.08. The molecule has 0 saturated carbocycles. The molecule has 1 aromatic rings. The molecule has 1 atom stereocenters. The summed E-state index contributed by atoms with van der Waals surface area (Å²) in [6.45, 7) is 3.34. The van der Waals surface area contributed by atoms with Gasteiger partial charge in [-0.05, 0) is 22.0 Å². The lowest BCUT2D eigenvalue weighted by atomic mass is 9.87. The molecule has 0 radical (unpaired) electrons. The fraction of sp³-hybridized carbons (Fsp3) is 0.538. The number of carboxylic acid groups (broad SMARTS) is 1. The predicted molar refractivity (Wildman–Crippen MR) is 80.7 cm³/mol. The highest BCUT2D eigenvalue weighted by Crippen LogP contribution is 2.26. The van der Waals surface area contributed by atoms with Crippen molar-refractivity contribution in [3.8, 4) is 0 Å². The Morgan fingerprint density at radius 1 is 1.60 bits per heavy atom. The number of rotatable bonds is 4. The third kappa shape index (κ3) is 3.32. The van der Waals surface area contributed by atoms with E-state index in [4.69, 9.17) is 5.11 Å². The van der Waals surface area contributed by atoms with Crippen molar-refractivity contribution in [3.05, 3.63) is 20.8 Å². The van der Waals surface area contributed by atoms with E-state index in [0.717, 1.165) is 9.35 Å². The van der Waals surface area contributed by atoms with Crippen molar-refractivity contribution in [2.45, 2.75) is 13.5 Å². The summed E-state index contributed by atoms with van der Waals surface area (Å²) in [5.74, 6) is -1.11. The summed E-state index contributed by atoms with van der Waals surface area (Å²) in [6, 6.07) is 1.96. The van der Waals surface area contributed by atoms with Gasteiger partial charge < -0.3 is 14.9 Å². The van der Waals surface area contributed by atoms with Gasteiger partial charge in [0.25, 0.3) is 0 Å². The maximum atomic E-state index is 12.2. The molecule has 5 nitrogen and oxygen atoms in total. The number of likely N-dealkylation sites (tertiary alicyclic amines) is 1.